The maximum atomic E-state index is 12.7. The number of benzene rings is 1. The van der Waals surface area contributed by atoms with Crippen LogP contribution in [0.1, 0.15) is 50.9 Å². The van der Waals surface area contributed by atoms with Gasteiger partial charge in [-0.05, 0) is 58.7 Å². The van der Waals surface area contributed by atoms with Crippen molar-refractivity contribution in [2.24, 2.45) is 5.73 Å². The van der Waals surface area contributed by atoms with Gasteiger partial charge < -0.3 is 15.4 Å². The van der Waals surface area contributed by atoms with Crippen LogP contribution in [0.2, 0.25) is 0 Å². The first kappa shape index (κ1) is 22.2. The number of ether oxygens (including phenoxy) is 1. The lowest BCUT2D eigenvalue weighted by atomic mass is 10.2. The van der Waals surface area contributed by atoms with Gasteiger partial charge in [-0.1, -0.05) is 0 Å². The van der Waals surface area contributed by atoms with Gasteiger partial charge in [-0.2, -0.15) is 4.31 Å². The Balaban J connectivity index is 2.24. The largest absolute Gasteiger partial charge is 0.483 e. The van der Waals surface area contributed by atoms with Crippen LogP contribution >= 0.6 is 0 Å². The van der Waals surface area contributed by atoms with Gasteiger partial charge in [0.1, 0.15) is 5.75 Å². The Morgan fingerprint density at radius 2 is 1.71 bits per heavy atom. The van der Waals surface area contributed by atoms with Crippen LogP contribution < -0.4 is 10.5 Å². The number of rotatable bonds is 8. The minimum atomic E-state index is -3.68. The first-order valence-corrected chi connectivity index (χ1v) is 10.9. The van der Waals surface area contributed by atoms with Crippen LogP contribution in [0.15, 0.2) is 23.1 Å². The third-order valence-electron chi connectivity index (χ3n) is 4.67. The van der Waals surface area contributed by atoms with Crippen molar-refractivity contribution in [2.75, 3.05) is 19.7 Å². The van der Waals surface area contributed by atoms with E-state index in [0.717, 1.165) is 12.8 Å². The van der Waals surface area contributed by atoms with Crippen molar-refractivity contribution in [3.8, 4) is 5.75 Å². The van der Waals surface area contributed by atoms with Crippen LogP contribution in [0, 0.1) is 0 Å². The maximum absolute atomic E-state index is 12.7. The molecular weight excluding hydrogens is 382 g/mol. The molecule has 1 saturated heterocycles. The number of nitrogens with two attached hydrogens (primary N) is 1. The number of carbonyl (C=O) groups excluding carboxylic acids is 2. The van der Waals surface area contributed by atoms with Crippen LogP contribution in [0.25, 0.3) is 0 Å². The molecule has 1 aliphatic rings. The van der Waals surface area contributed by atoms with Crippen molar-refractivity contribution in [3.05, 3.63) is 23.8 Å². The number of amides is 2. The van der Waals surface area contributed by atoms with Crippen molar-refractivity contribution in [1.82, 2.24) is 9.21 Å². The second kappa shape index (κ2) is 8.91. The Hall–Kier alpha value is -2.13. The highest BCUT2D eigenvalue weighted by atomic mass is 32.2. The molecule has 1 fully saturated rings. The van der Waals surface area contributed by atoms with E-state index in [2.05, 4.69) is 0 Å². The van der Waals surface area contributed by atoms with Crippen LogP contribution in [0.4, 0.5) is 0 Å². The van der Waals surface area contributed by atoms with Crippen LogP contribution in [-0.4, -0.2) is 61.2 Å². The van der Waals surface area contributed by atoms with Crippen LogP contribution in [0.3, 0.4) is 0 Å². The Bertz CT molecular complexity index is 822. The first-order chi connectivity index (χ1) is 13.1. The molecule has 8 nitrogen and oxygen atoms in total. The fraction of sp³-hybridized carbons (Fsp3) is 0.579. The van der Waals surface area contributed by atoms with Crippen molar-refractivity contribution in [3.63, 3.8) is 0 Å². The van der Waals surface area contributed by atoms with E-state index in [0.29, 0.717) is 13.1 Å². The predicted molar refractivity (Wildman–Crippen MR) is 106 cm³/mol. The molecule has 1 heterocycles. The van der Waals surface area contributed by atoms with Crippen LogP contribution in [0.5, 0.6) is 5.75 Å². The topological polar surface area (TPSA) is 110 Å². The molecule has 0 bridgehead atoms. The molecule has 0 unspecified atom stereocenters. The fourth-order valence-electron chi connectivity index (χ4n) is 3.45. The molecule has 2 amide bonds. The predicted octanol–water partition coefficient (Wildman–Crippen LogP) is 1.59. The van der Waals surface area contributed by atoms with E-state index in [1.54, 1.807) is 4.90 Å². The van der Waals surface area contributed by atoms with E-state index in [-0.39, 0.29) is 40.8 Å². The molecule has 156 valence electrons. The van der Waals surface area contributed by atoms with E-state index in [9.17, 15) is 18.0 Å². The smallest absolute Gasteiger partial charge is 0.260 e. The lowest BCUT2D eigenvalue weighted by Crippen LogP contribution is -2.44. The average Bonchev–Trinajstić information content (AvgIpc) is 3.14. The third-order valence-corrected chi connectivity index (χ3v) is 6.57. The molecule has 2 N–H and O–H groups in total. The second-order valence-electron chi connectivity index (χ2n) is 7.41. The van der Waals surface area contributed by atoms with Gasteiger partial charge in [0.05, 0.1) is 10.5 Å². The number of sulfonamides is 1. The summed E-state index contributed by atoms with van der Waals surface area (Å²) in [6.07, 6.45) is 1.63. The molecule has 0 aliphatic carbocycles. The summed E-state index contributed by atoms with van der Waals surface area (Å²) >= 11 is 0. The molecule has 1 aromatic carbocycles. The minimum absolute atomic E-state index is 0.000286. The highest BCUT2D eigenvalue weighted by molar-refractivity contribution is 7.89. The molecule has 2 rings (SSSR count). The Kier molecular flexibility index (Phi) is 7.06. The van der Waals surface area contributed by atoms with E-state index in [1.807, 2.05) is 27.7 Å². The number of hydrogen-bond acceptors (Lipinski definition) is 5. The summed E-state index contributed by atoms with van der Waals surface area (Å²) in [4.78, 5) is 26.0. The van der Waals surface area contributed by atoms with Gasteiger partial charge in [0.25, 0.3) is 11.8 Å². The molecule has 9 heteroatoms. The van der Waals surface area contributed by atoms with Gasteiger partial charge in [-0.15, -0.1) is 0 Å². The van der Waals surface area contributed by atoms with Crippen LogP contribution in [-0.2, 0) is 14.8 Å². The zero-order chi connectivity index (χ0) is 21.1. The third kappa shape index (κ3) is 4.82. The maximum Gasteiger partial charge on any atom is 0.260 e. The fourth-order valence-corrected chi connectivity index (χ4v) is 5.00. The van der Waals surface area contributed by atoms with E-state index in [4.69, 9.17) is 10.5 Å². The molecular formula is C19H29N3O5S. The molecule has 0 atom stereocenters. The first-order valence-electron chi connectivity index (χ1n) is 9.43. The van der Waals surface area contributed by atoms with E-state index >= 15 is 0 Å². The summed E-state index contributed by atoms with van der Waals surface area (Å²) in [6.45, 7) is 8.28. The monoisotopic (exact) mass is 411 g/mol. The van der Waals surface area contributed by atoms with Gasteiger partial charge in [-0.25, -0.2) is 8.42 Å². The van der Waals surface area contributed by atoms with E-state index in [1.165, 1.54) is 22.5 Å². The Morgan fingerprint density at radius 3 is 2.21 bits per heavy atom. The SMILES string of the molecule is CC(C)N(C(=O)COc1ccc(S(=O)(=O)N2CCCC2)cc1C(N)=O)C(C)C. The molecule has 28 heavy (non-hydrogen) atoms. The number of nitrogens with zero attached hydrogens (tertiary/aromatic N) is 2. The molecule has 0 aromatic heterocycles. The Morgan fingerprint density at radius 1 is 1.14 bits per heavy atom. The van der Waals surface area contributed by atoms with Crippen molar-refractivity contribution < 1.29 is 22.7 Å². The summed E-state index contributed by atoms with van der Waals surface area (Å²) in [5, 5.41) is 0. The molecule has 0 radical (unpaired) electrons. The highest BCUT2D eigenvalue weighted by Crippen LogP contribution is 2.26. The number of hydrogen-bond donors (Lipinski definition) is 1. The van der Waals surface area contributed by atoms with Crippen molar-refractivity contribution >= 4 is 21.8 Å². The van der Waals surface area contributed by atoms with Crippen molar-refractivity contribution in [1.29, 1.82) is 0 Å². The standard InChI is InChI=1S/C19H29N3O5S/c1-13(2)22(14(3)4)18(23)12-27-17-8-7-15(11-16(17)19(20)24)28(25,26)21-9-5-6-10-21/h7-8,11,13-14H,5-6,9-10,12H2,1-4H3,(H2,20,24). The summed E-state index contributed by atoms with van der Waals surface area (Å²) in [7, 11) is -3.68. The molecule has 1 aliphatic heterocycles. The summed E-state index contributed by atoms with van der Waals surface area (Å²) in [6, 6.07) is 3.98. The van der Waals surface area contributed by atoms with Gasteiger partial charge in [0, 0.05) is 25.2 Å². The van der Waals surface area contributed by atoms with Gasteiger partial charge >= 0.3 is 0 Å². The molecule has 0 spiro atoms. The van der Waals surface area contributed by atoms with Gasteiger partial charge in [0.15, 0.2) is 6.61 Å². The number of carbonyl (C=O) groups is 2. The van der Waals surface area contributed by atoms with Crippen molar-refractivity contribution in [2.45, 2.75) is 57.5 Å². The quantitative estimate of drug-likeness (QED) is 0.698. The molecule has 1 aromatic rings. The lowest BCUT2D eigenvalue weighted by molar-refractivity contribution is -0.137. The summed E-state index contributed by atoms with van der Waals surface area (Å²) in [5.41, 5.74) is 5.36. The average molecular weight is 412 g/mol. The second-order valence-corrected chi connectivity index (χ2v) is 9.35. The number of primary amides is 1. The molecule has 0 saturated carbocycles. The normalized spacial score (nSPS) is 15.2. The van der Waals surface area contributed by atoms with E-state index < -0.39 is 15.9 Å². The summed E-state index contributed by atoms with van der Waals surface area (Å²) in [5.74, 6) is -0.951. The highest BCUT2D eigenvalue weighted by Gasteiger charge is 2.29. The summed E-state index contributed by atoms with van der Waals surface area (Å²) < 4.78 is 32.3. The lowest BCUT2D eigenvalue weighted by Gasteiger charge is -2.30. The Labute approximate surface area is 166 Å². The zero-order valence-electron chi connectivity index (χ0n) is 16.8. The zero-order valence-corrected chi connectivity index (χ0v) is 17.7. The van der Waals surface area contributed by atoms with Gasteiger partial charge in [0.2, 0.25) is 10.0 Å². The van der Waals surface area contributed by atoms with Gasteiger partial charge in [-0.3, -0.25) is 9.59 Å². The minimum Gasteiger partial charge on any atom is -0.483 e.